The van der Waals surface area contributed by atoms with Crippen molar-refractivity contribution >= 4 is 27.8 Å². The lowest BCUT2D eigenvalue weighted by atomic mass is 9.76. The number of aliphatic carboxylic acids is 1. The van der Waals surface area contributed by atoms with E-state index in [1.807, 2.05) is 25.3 Å². The third-order valence-electron chi connectivity index (χ3n) is 7.95. The minimum Gasteiger partial charge on any atom is -0.545 e. The van der Waals surface area contributed by atoms with Gasteiger partial charge in [0.25, 0.3) is 0 Å². The SMILES string of the molecule is C[C@@H]1OC=C(C(=O)[O-])[C@H]2Cc3c4[nH]c5ccc(O[C@@H]6O[C@H](CO)[C@@H](O)[C@H](O)[C@H]6O)cc5c4cc[n+]3C[C@@H]12. The first-order valence-electron chi connectivity index (χ1n) is 12.3. The van der Waals surface area contributed by atoms with Crippen LogP contribution >= 0.6 is 0 Å². The third kappa shape index (κ3) is 3.85. The Balaban J connectivity index is 1.35. The molecule has 3 aliphatic rings. The van der Waals surface area contributed by atoms with Crippen LogP contribution in [0, 0.1) is 11.8 Å². The van der Waals surface area contributed by atoms with Crippen molar-refractivity contribution in [3.8, 4) is 5.75 Å². The van der Waals surface area contributed by atoms with E-state index in [9.17, 15) is 30.3 Å². The Bertz CT molecular complexity index is 1400. The number of carbonyl (C=O) groups excluding carboxylic acids is 1. The number of hydrogen-bond donors (Lipinski definition) is 5. The highest BCUT2D eigenvalue weighted by atomic mass is 16.7. The van der Waals surface area contributed by atoms with E-state index < -0.39 is 43.3 Å². The van der Waals surface area contributed by atoms with Gasteiger partial charge in [0.1, 0.15) is 41.8 Å². The molecule has 196 valence electrons. The molecule has 6 rings (SSSR count). The van der Waals surface area contributed by atoms with Crippen LogP contribution in [0.15, 0.2) is 42.3 Å². The number of benzene rings is 1. The number of aromatic nitrogens is 2. The number of H-pyrrole nitrogens is 1. The third-order valence-corrected chi connectivity index (χ3v) is 7.95. The number of nitrogens with zero attached hydrogens (tertiary/aromatic N) is 1. The molecule has 0 bridgehead atoms. The lowest BCUT2D eigenvalue weighted by Crippen LogP contribution is -2.60. The van der Waals surface area contributed by atoms with Crippen LogP contribution in [-0.2, 0) is 27.2 Å². The lowest BCUT2D eigenvalue weighted by molar-refractivity contribution is -0.717. The van der Waals surface area contributed by atoms with Gasteiger partial charge in [-0.05, 0) is 25.1 Å². The van der Waals surface area contributed by atoms with E-state index in [1.165, 1.54) is 6.26 Å². The maximum Gasteiger partial charge on any atom is 0.229 e. The molecular weight excluding hydrogens is 484 g/mol. The number of nitrogens with one attached hydrogen (secondary N) is 1. The maximum atomic E-state index is 11.8. The summed E-state index contributed by atoms with van der Waals surface area (Å²) in [5.41, 5.74) is 2.88. The molecule has 5 N–H and O–H groups in total. The van der Waals surface area contributed by atoms with Gasteiger partial charge in [-0.3, -0.25) is 0 Å². The van der Waals surface area contributed by atoms with Crippen molar-refractivity contribution in [2.45, 2.75) is 56.7 Å². The average Bonchev–Trinajstić information content (AvgIpc) is 3.26. The van der Waals surface area contributed by atoms with Gasteiger partial charge in [-0.15, -0.1) is 0 Å². The molecule has 0 aliphatic carbocycles. The lowest BCUT2D eigenvalue weighted by Gasteiger charge is -2.39. The summed E-state index contributed by atoms with van der Waals surface area (Å²) in [6.07, 6.45) is -3.17. The number of carboxylic acids is 1. The van der Waals surface area contributed by atoms with Gasteiger partial charge in [0.2, 0.25) is 12.0 Å². The molecule has 3 aliphatic heterocycles. The van der Waals surface area contributed by atoms with Crippen molar-refractivity contribution in [2.24, 2.45) is 11.8 Å². The van der Waals surface area contributed by atoms with Crippen molar-refractivity contribution in [2.75, 3.05) is 6.61 Å². The summed E-state index contributed by atoms with van der Waals surface area (Å²) < 4.78 is 19.0. The Kier molecular flexibility index (Phi) is 5.85. The van der Waals surface area contributed by atoms with Crippen LogP contribution in [0.4, 0.5) is 0 Å². The first-order chi connectivity index (χ1) is 17.8. The minimum absolute atomic E-state index is 0.00997. The van der Waals surface area contributed by atoms with E-state index in [1.54, 1.807) is 12.1 Å². The van der Waals surface area contributed by atoms with E-state index in [2.05, 4.69) is 9.55 Å². The predicted molar refractivity (Wildman–Crippen MR) is 125 cm³/mol. The second-order valence-electron chi connectivity index (χ2n) is 10.0. The molecular formula is C26H28N2O9. The second kappa shape index (κ2) is 8.96. The summed E-state index contributed by atoms with van der Waals surface area (Å²) in [5, 5.41) is 53.3. The molecule has 8 atom stereocenters. The highest BCUT2D eigenvalue weighted by Crippen LogP contribution is 2.38. The topological polar surface area (TPSA) is 168 Å². The zero-order valence-corrected chi connectivity index (χ0v) is 20.0. The molecule has 3 aromatic rings. The Morgan fingerprint density at radius 1 is 1.19 bits per heavy atom. The average molecular weight is 513 g/mol. The van der Waals surface area contributed by atoms with Crippen molar-refractivity contribution in [1.29, 1.82) is 0 Å². The van der Waals surface area contributed by atoms with Crippen LogP contribution in [0.5, 0.6) is 5.75 Å². The summed E-state index contributed by atoms with van der Waals surface area (Å²) in [6.45, 7) is 2.02. The number of hydrogen-bond acceptors (Lipinski definition) is 9. The quantitative estimate of drug-likeness (QED) is 0.265. The monoisotopic (exact) mass is 512 g/mol. The van der Waals surface area contributed by atoms with Crippen LogP contribution in [0.1, 0.15) is 12.6 Å². The van der Waals surface area contributed by atoms with Gasteiger partial charge in [-0.25, -0.2) is 4.57 Å². The molecule has 37 heavy (non-hydrogen) atoms. The number of aliphatic hydroxyl groups is 4. The van der Waals surface area contributed by atoms with Crippen LogP contribution in [-0.4, -0.2) is 74.8 Å². The van der Waals surface area contributed by atoms with Gasteiger partial charge < -0.3 is 49.5 Å². The van der Waals surface area contributed by atoms with Gasteiger partial charge in [0.05, 0.1) is 24.8 Å². The zero-order valence-electron chi connectivity index (χ0n) is 20.0. The number of pyridine rings is 1. The smallest absolute Gasteiger partial charge is 0.229 e. The number of aliphatic hydroxyl groups excluding tert-OH is 4. The first kappa shape index (κ1) is 24.1. The van der Waals surface area contributed by atoms with Crippen molar-refractivity contribution in [3.63, 3.8) is 0 Å². The molecule has 0 spiro atoms. The zero-order chi connectivity index (χ0) is 26.0. The molecule has 1 saturated heterocycles. The fourth-order valence-electron chi connectivity index (χ4n) is 5.85. The molecule has 5 heterocycles. The van der Waals surface area contributed by atoms with E-state index in [-0.39, 0.29) is 23.5 Å². The maximum absolute atomic E-state index is 11.8. The molecule has 11 nitrogen and oxygen atoms in total. The Morgan fingerprint density at radius 3 is 2.76 bits per heavy atom. The van der Waals surface area contributed by atoms with Crippen LogP contribution in [0.3, 0.4) is 0 Å². The van der Waals surface area contributed by atoms with E-state index in [4.69, 9.17) is 14.2 Å². The van der Waals surface area contributed by atoms with Crippen LogP contribution in [0.25, 0.3) is 21.8 Å². The molecule has 2 aromatic heterocycles. The van der Waals surface area contributed by atoms with E-state index in [0.717, 1.165) is 27.5 Å². The number of rotatable bonds is 4. The summed E-state index contributed by atoms with van der Waals surface area (Å²) in [6, 6.07) is 7.27. The molecule has 1 fully saturated rings. The van der Waals surface area contributed by atoms with Gasteiger partial charge in [0, 0.05) is 40.3 Å². The second-order valence-corrected chi connectivity index (χ2v) is 10.0. The van der Waals surface area contributed by atoms with Crippen molar-refractivity contribution in [3.05, 3.63) is 48.0 Å². The largest absolute Gasteiger partial charge is 0.545 e. The normalized spacial score (nSPS) is 33.4. The van der Waals surface area contributed by atoms with Gasteiger partial charge >= 0.3 is 0 Å². The summed E-state index contributed by atoms with van der Waals surface area (Å²) >= 11 is 0. The summed E-state index contributed by atoms with van der Waals surface area (Å²) in [7, 11) is 0. The molecule has 0 saturated carbocycles. The molecule has 0 unspecified atom stereocenters. The standard InChI is InChI=1S/C26H28N2O9/c1-11-16-8-28-5-4-13-15-6-12(36-26-24(32)23(31)22(30)20(9-29)37-26)2-3-18(15)27-21(13)19(28)7-14(16)17(10-35-11)25(33)34/h2-6,10-11,14,16,20,22-24,26,29-32H,7-9H2,1H3,(H,33,34)/t11-,14-,16-,20+,22+,23-,24+,26+/m0/s1. The number of aromatic amines is 1. The summed E-state index contributed by atoms with van der Waals surface area (Å²) in [4.78, 5) is 15.2. The minimum atomic E-state index is -1.53. The molecule has 11 heteroatoms. The molecule has 0 amide bonds. The number of fused-ring (bicyclic) bond motifs is 6. The molecule has 0 radical (unpaired) electrons. The number of ether oxygens (including phenoxy) is 3. The Hall–Kier alpha value is -3.22. The first-order valence-corrected chi connectivity index (χ1v) is 12.3. The fourth-order valence-corrected chi connectivity index (χ4v) is 5.85. The fraction of sp³-hybridized carbons (Fsp3) is 0.462. The Morgan fingerprint density at radius 2 is 2.00 bits per heavy atom. The van der Waals surface area contributed by atoms with Gasteiger partial charge in [-0.1, -0.05) is 0 Å². The van der Waals surface area contributed by atoms with Crippen LogP contribution < -0.4 is 14.4 Å². The number of carbonyl (C=O) groups is 1. The summed E-state index contributed by atoms with van der Waals surface area (Å²) in [5.74, 6) is -1.07. The number of carboxylic acid groups (broad SMARTS) is 1. The highest BCUT2D eigenvalue weighted by molar-refractivity contribution is 6.08. The predicted octanol–water partition coefficient (Wildman–Crippen LogP) is -1.37. The highest BCUT2D eigenvalue weighted by Gasteiger charge is 2.45. The van der Waals surface area contributed by atoms with Gasteiger partial charge in [-0.2, -0.15) is 0 Å². The van der Waals surface area contributed by atoms with Gasteiger partial charge in [0.15, 0.2) is 12.7 Å². The van der Waals surface area contributed by atoms with E-state index >= 15 is 0 Å². The van der Waals surface area contributed by atoms with Crippen molar-refractivity contribution in [1.82, 2.24) is 4.98 Å². The Labute approximate surface area is 211 Å². The van der Waals surface area contributed by atoms with Crippen LogP contribution in [0.2, 0.25) is 0 Å². The van der Waals surface area contributed by atoms with E-state index in [0.29, 0.717) is 18.7 Å². The molecule has 1 aromatic carbocycles. The van der Waals surface area contributed by atoms with Crippen molar-refractivity contribution < 1.29 is 49.1 Å².